The number of fused-ring (bicyclic) bond motifs is 1. The Hall–Kier alpha value is -2.17. The Bertz CT molecular complexity index is 622. The molecule has 0 fully saturated rings. The summed E-state index contributed by atoms with van der Waals surface area (Å²) in [7, 11) is 0. The van der Waals surface area contributed by atoms with Gasteiger partial charge in [-0.2, -0.15) is 5.10 Å². The smallest absolute Gasteiger partial charge is 0.240 e. The molecule has 0 saturated heterocycles. The van der Waals surface area contributed by atoms with Gasteiger partial charge in [0.1, 0.15) is 0 Å². The van der Waals surface area contributed by atoms with Gasteiger partial charge < -0.3 is 5.32 Å². The molecule has 3 rings (SSSR count). The zero-order valence-corrected chi connectivity index (χ0v) is 11.6. The molecule has 1 aromatic rings. The fourth-order valence-electron chi connectivity index (χ4n) is 2.84. The Morgan fingerprint density at radius 3 is 2.60 bits per heavy atom. The Morgan fingerprint density at radius 1 is 1.10 bits per heavy atom. The highest BCUT2D eigenvalue weighted by Gasteiger charge is 2.25. The molecule has 0 saturated carbocycles. The van der Waals surface area contributed by atoms with Crippen LogP contribution in [0.4, 0.5) is 5.69 Å². The van der Waals surface area contributed by atoms with E-state index in [1.807, 2.05) is 19.1 Å². The number of hydrazone groups is 1. The number of hydrogen-bond acceptors (Lipinski definition) is 3. The van der Waals surface area contributed by atoms with E-state index in [0.29, 0.717) is 12.8 Å². The molecule has 0 bridgehead atoms. The van der Waals surface area contributed by atoms with E-state index in [0.717, 1.165) is 22.5 Å². The number of benzene rings is 1. The highest BCUT2D eigenvalue weighted by Crippen LogP contribution is 2.33. The molecule has 2 N–H and O–H groups in total. The van der Waals surface area contributed by atoms with Gasteiger partial charge in [-0.3, -0.25) is 9.59 Å². The Labute approximate surface area is 117 Å². The molecule has 5 nitrogen and oxygen atoms in total. The third-order valence-electron chi connectivity index (χ3n) is 3.90. The Balaban J connectivity index is 1.99. The summed E-state index contributed by atoms with van der Waals surface area (Å²) in [5.74, 6) is 0.330. The first-order chi connectivity index (χ1) is 9.54. The zero-order chi connectivity index (χ0) is 14.3. The minimum Gasteiger partial charge on any atom is -0.326 e. The number of anilines is 1. The SMILES string of the molecule is CC1CC(=O)NN=C1c1ccc2c(c1)C(C)CC(=O)N2. The summed E-state index contributed by atoms with van der Waals surface area (Å²) < 4.78 is 0. The fraction of sp³-hybridized carbons (Fsp3) is 0.400. The third kappa shape index (κ3) is 2.19. The standard InChI is InChI=1S/C15H17N3O2/c1-8-5-13(19)16-12-4-3-10(7-11(8)12)15-9(2)6-14(20)17-18-15/h3-4,7-9H,5-6H2,1-2H3,(H,16,19)(H,17,20). The van der Waals surface area contributed by atoms with Gasteiger partial charge in [0.05, 0.1) is 5.71 Å². The second-order valence-electron chi connectivity index (χ2n) is 5.59. The highest BCUT2D eigenvalue weighted by atomic mass is 16.2. The first-order valence-corrected chi connectivity index (χ1v) is 6.85. The van der Waals surface area contributed by atoms with Crippen molar-refractivity contribution >= 4 is 23.2 Å². The summed E-state index contributed by atoms with van der Waals surface area (Å²) in [5.41, 5.74) is 6.46. The van der Waals surface area contributed by atoms with Gasteiger partial charge in [-0.1, -0.05) is 19.9 Å². The monoisotopic (exact) mass is 271 g/mol. The van der Waals surface area contributed by atoms with Crippen molar-refractivity contribution < 1.29 is 9.59 Å². The molecule has 2 atom stereocenters. The maximum Gasteiger partial charge on any atom is 0.240 e. The molecule has 20 heavy (non-hydrogen) atoms. The maximum absolute atomic E-state index is 11.5. The van der Waals surface area contributed by atoms with E-state index >= 15 is 0 Å². The van der Waals surface area contributed by atoms with Gasteiger partial charge in [0, 0.05) is 24.4 Å². The number of hydrogen-bond donors (Lipinski definition) is 2. The Morgan fingerprint density at radius 2 is 1.85 bits per heavy atom. The molecule has 5 heteroatoms. The molecule has 1 aromatic carbocycles. The highest BCUT2D eigenvalue weighted by molar-refractivity contribution is 6.06. The van der Waals surface area contributed by atoms with E-state index in [4.69, 9.17) is 0 Å². The van der Waals surface area contributed by atoms with Crippen molar-refractivity contribution in [2.45, 2.75) is 32.6 Å². The lowest BCUT2D eigenvalue weighted by Gasteiger charge is -2.25. The number of nitrogens with zero attached hydrogens (tertiary/aromatic N) is 1. The summed E-state index contributed by atoms with van der Waals surface area (Å²) >= 11 is 0. The summed E-state index contributed by atoms with van der Waals surface area (Å²) in [6, 6.07) is 5.94. The predicted molar refractivity (Wildman–Crippen MR) is 76.6 cm³/mol. The molecule has 0 radical (unpaired) electrons. The van der Waals surface area contributed by atoms with Crippen molar-refractivity contribution in [1.29, 1.82) is 0 Å². The van der Waals surface area contributed by atoms with Gasteiger partial charge in [0.2, 0.25) is 11.8 Å². The molecule has 2 unspecified atom stereocenters. The molecule has 2 heterocycles. The molecule has 0 spiro atoms. The average molecular weight is 271 g/mol. The minimum atomic E-state index is -0.0418. The maximum atomic E-state index is 11.5. The molecular formula is C15H17N3O2. The van der Waals surface area contributed by atoms with E-state index in [1.165, 1.54) is 0 Å². The number of rotatable bonds is 1. The van der Waals surface area contributed by atoms with Crippen molar-refractivity contribution in [1.82, 2.24) is 5.43 Å². The largest absolute Gasteiger partial charge is 0.326 e. The van der Waals surface area contributed by atoms with Gasteiger partial charge in [-0.25, -0.2) is 5.43 Å². The van der Waals surface area contributed by atoms with Crippen LogP contribution in [0.2, 0.25) is 0 Å². The summed E-state index contributed by atoms with van der Waals surface area (Å²) in [6.07, 6.45) is 0.970. The van der Waals surface area contributed by atoms with Gasteiger partial charge in [0.25, 0.3) is 0 Å². The van der Waals surface area contributed by atoms with Crippen molar-refractivity contribution in [2.24, 2.45) is 11.0 Å². The normalized spacial score (nSPS) is 25.4. The predicted octanol–water partition coefficient (Wildman–Crippen LogP) is 1.99. The van der Waals surface area contributed by atoms with Crippen LogP contribution < -0.4 is 10.7 Å². The first kappa shape index (κ1) is 12.8. The van der Waals surface area contributed by atoms with Gasteiger partial charge in [-0.05, 0) is 29.2 Å². The summed E-state index contributed by atoms with van der Waals surface area (Å²) in [4.78, 5) is 22.8. The van der Waals surface area contributed by atoms with Crippen molar-refractivity contribution in [3.05, 3.63) is 29.3 Å². The second kappa shape index (κ2) is 4.74. The average Bonchev–Trinajstić information content (AvgIpc) is 2.38. The second-order valence-corrected chi connectivity index (χ2v) is 5.59. The van der Waals surface area contributed by atoms with Crippen LogP contribution in [-0.4, -0.2) is 17.5 Å². The van der Waals surface area contributed by atoms with E-state index in [2.05, 4.69) is 28.8 Å². The van der Waals surface area contributed by atoms with Crippen molar-refractivity contribution in [3.63, 3.8) is 0 Å². The quantitative estimate of drug-likeness (QED) is 0.820. The molecule has 2 amide bonds. The lowest BCUT2D eigenvalue weighted by Crippen LogP contribution is -2.32. The topological polar surface area (TPSA) is 70.6 Å². The van der Waals surface area contributed by atoms with Crippen LogP contribution in [0.15, 0.2) is 23.3 Å². The molecule has 0 aliphatic carbocycles. The van der Waals surface area contributed by atoms with Gasteiger partial charge in [-0.15, -0.1) is 0 Å². The van der Waals surface area contributed by atoms with Crippen LogP contribution in [0.5, 0.6) is 0 Å². The van der Waals surface area contributed by atoms with Crippen molar-refractivity contribution in [2.75, 3.05) is 5.32 Å². The van der Waals surface area contributed by atoms with Crippen molar-refractivity contribution in [3.8, 4) is 0 Å². The molecule has 104 valence electrons. The Kier molecular flexibility index (Phi) is 3.04. The van der Waals surface area contributed by atoms with E-state index in [1.54, 1.807) is 0 Å². The van der Waals surface area contributed by atoms with E-state index in [-0.39, 0.29) is 23.7 Å². The first-order valence-electron chi connectivity index (χ1n) is 6.85. The molecule has 2 aliphatic heterocycles. The van der Waals surface area contributed by atoms with Crippen LogP contribution in [0.25, 0.3) is 0 Å². The molecule has 2 aliphatic rings. The number of carbonyl (C=O) groups excluding carboxylic acids is 2. The van der Waals surface area contributed by atoms with Gasteiger partial charge in [0.15, 0.2) is 0 Å². The third-order valence-corrected chi connectivity index (χ3v) is 3.90. The fourth-order valence-corrected chi connectivity index (χ4v) is 2.84. The number of amides is 2. The van der Waals surface area contributed by atoms with Gasteiger partial charge >= 0.3 is 0 Å². The summed E-state index contributed by atoms with van der Waals surface area (Å²) in [6.45, 7) is 4.05. The van der Waals surface area contributed by atoms with Crippen LogP contribution in [0.3, 0.4) is 0 Å². The van der Waals surface area contributed by atoms with Crippen LogP contribution >= 0.6 is 0 Å². The minimum absolute atomic E-state index is 0.0418. The van der Waals surface area contributed by atoms with Crippen LogP contribution in [0, 0.1) is 5.92 Å². The lowest BCUT2D eigenvalue weighted by atomic mass is 9.87. The van der Waals surface area contributed by atoms with E-state index < -0.39 is 0 Å². The zero-order valence-electron chi connectivity index (χ0n) is 11.6. The van der Waals surface area contributed by atoms with Crippen LogP contribution in [-0.2, 0) is 9.59 Å². The number of nitrogens with one attached hydrogen (secondary N) is 2. The molecular weight excluding hydrogens is 254 g/mol. The number of carbonyl (C=O) groups is 2. The molecule has 0 aromatic heterocycles. The van der Waals surface area contributed by atoms with Crippen LogP contribution in [0.1, 0.15) is 43.7 Å². The lowest BCUT2D eigenvalue weighted by molar-refractivity contribution is -0.122. The summed E-state index contributed by atoms with van der Waals surface area (Å²) in [5, 5.41) is 7.07. The van der Waals surface area contributed by atoms with E-state index in [9.17, 15) is 9.59 Å².